The van der Waals surface area contributed by atoms with E-state index in [9.17, 15) is 9.59 Å². The Morgan fingerprint density at radius 2 is 1.77 bits per heavy atom. The lowest BCUT2D eigenvalue weighted by Crippen LogP contribution is -2.44. The summed E-state index contributed by atoms with van der Waals surface area (Å²) in [7, 11) is 2.14. The summed E-state index contributed by atoms with van der Waals surface area (Å²) in [5.41, 5.74) is 9.98. The number of rotatable bonds is 4. The van der Waals surface area contributed by atoms with Crippen LogP contribution < -0.4 is 26.8 Å². The van der Waals surface area contributed by atoms with Crippen LogP contribution in [0.3, 0.4) is 0 Å². The van der Waals surface area contributed by atoms with Gasteiger partial charge in [0.15, 0.2) is 0 Å². The minimum absolute atomic E-state index is 0.343. The summed E-state index contributed by atoms with van der Waals surface area (Å²) in [6.07, 6.45) is 1.65. The number of nitrogens with one attached hydrogen (secondary N) is 1. The number of carbonyl (C=O) groups excluding carboxylic acids is 2. The molecule has 2 fully saturated rings. The lowest BCUT2D eigenvalue weighted by Gasteiger charge is -2.34. The molecule has 9 heteroatoms. The molecule has 0 bridgehead atoms. The van der Waals surface area contributed by atoms with Crippen LogP contribution >= 0.6 is 11.8 Å². The third-order valence-corrected chi connectivity index (χ3v) is 6.06. The zero-order valence-electron chi connectivity index (χ0n) is 16.7. The van der Waals surface area contributed by atoms with Gasteiger partial charge in [0.1, 0.15) is 0 Å². The molecule has 0 aromatic heterocycles. The Kier molecular flexibility index (Phi) is 5.67. The van der Waals surface area contributed by atoms with Crippen molar-refractivity contribution in [3.05, 3.63) is 52.9 Å². The van der Waals surface area contributed by atoms with Crippen molar-refractivity contribution < 1.29 is 9.59 Å². The van der Waals surface area contributed by atoms with Crippen molar-refractivity contribution >= 4 is 51.7 Å². The number of nitrogens with two attached hydrogens (primary N) is 2. The zero-order valence-corrected chi connectivity index (χ0v) is 17.5. The molecule has 2 aromatic rings. The lowest BCUT2D eigenvalue weighted by molar-refractivity contribution is -0.115. The van der Waals surface area contributed by atoms with E-state index in [4.69, 9.17) is 11.6 Å². The van der Waals surface area contributed by atoms with Crippen LogP contribution in [0, 0.1) is 0 Å². The molecule has 30 heavy (non-hydrogen) atoms. The van der Waals surface area contributed by atoms with Crippen LogP contribution in [0.15, 0.2) is 47.4 Å². The van der Waals surface area contributed by atoms with E-state index in [1.165, 1.54) is 10.7 Å². The van der Waals surface area contributed by atoms with Gasteiger partial charge >= 0.3 is 0 Å². The maximum Gasteiger partial charge on any atom is 0.290 e. The van der Waals surface area contributed by atoms with Gasteiger partial charge in [-0.3, -0.25) is 19.9 Å². The number of hydrogen-bond acceptors (Lipinski definition) is 8. The number of anilines is 4. The van der Waals surface area contributed by atoms with Crippen molar-refractivity contribution in [1.29, 1.82) is 0 Å². The number of likely N-dealkylation sites (N-methyl/N-ethyl adjacent to an activating group) is 1. The highest BCUT2D eigenvalue weighted by atomic mass is 32.2. The second kappa shape index (κ2) is 8.39. The van der Waals surface area contributed by atoms with Gasteiger partial charge in [0, 0.05) is 31.9 Å². The van der Waals surface area contributed by atoms with E-state index in [0.29, 0.717) is 16.3 Å². The molecule has 0 aliphatic carbocycles. The quantitative estimate of drug-likeness (QED) is 0.297. The van der Waals surface area contributed by atoms with E-state index in [0.717, 1.165) is 49.2 Å². The molecule has 5 N–H and O–H groups in total. The zero-order chi connectivity index (χ0) is 21.3. The molecule has 0 spiro atoms. The summed E-state index contributed by atoms with van der Waals surface area (Å²) in [6.45, 7) is 4.09. The molecular formula is C21H24N6O2S. The number of imide groups is 1. The van der Waals surface area contributed by atoms with Crippen molar-refractivity contribution in [2.45, 2.75) is 0 Å². The normalized spacial score (nSPS) is 18.7. The van der Waals surface area contributed by atoms with Crippen molar-refractivity contribution in [2.75, 3.05) is 48.9 Å². The summed E-state index contributed by atoms with van der Waals surface area (Å²) < 4.78 is 0. The van der Waals surface area contributed by atoms with Crippen molar-refractivity contribution in [3.8, 4) is 0 Å². The van der Waals surface area contributed by atoms with Crippen molar-refractivity contribution in [2.24, 2.45) is 5.84 Å². The highest BCUT2D eigenvalue weighted by Crippen LogP contribution is 2.32. The van der Waals surface area contributed by atoms with Crippen molar-refractivity contribution in [1.82, 2.24) is 10.2 Å². The summed E-state index contributed by atoms with van der Waals surface area (Å²) in [6, 6.07) is 13.4. The maximum atomic E-state index is 11.8. The number of piperazine rings is 1. The molecule has 2 aliphatic heterocycles. The number of hydrazine groups is 1. The van der Waals surface area contributed by atoms with Gasteiger partial charge in [0.2, 0.25) is 0 Å². The molecule has 2 amide bonds. The second-order valence-electron chi connectivity index (χ2n) is 7.35. The van der Waals surface area contributed by atoms with Crippen LogP contribution in [0.1, 0.15) is 5.56 Å². The van der Waals surface area contributed by atoms with E-state index in [2.05, 4.69) is 34.3 Å². The first-order valence-corrected chi connectivity index (χ1v) is 10.4. The number of nitrogen functional groups attached to an aromatic ring is 1. The van der Waals surface area contributed by atoms with Gasteiger partial charge in [-0.1, -0.05) is 6.07 Å². The number of carbonyl (C=O) groups is 2. The molecule has 2 heterocycles. The van der Waals surface area contributed by atoms with Gasteiger partial charge in [-0.2, -0.15) is 0 Å². The predicted molar refractivity (Wildman–Crippen MR) is 122 cm³/mol. The largest absolute Gasteiger partial charge is 0.397 e. The molecule has 2 saturated heterocycles. The number of amides is 2. The molecule has 0 atom stereocenters. The Balaban J connectivity index is 1.54. The molecule has 8 nitrogen and oxygen atoms in total. The average molecular weight is 425 g/mol. The SMILES string of the molecule is CN1CCN(c2ccc(N(N)c3cc(/C=C4\SC(=O)NC4=O)ccc3N)cc2)CC1. The Morgan fingerprint density at radius 3 is 2.40 bits per heavy atom. The monoisotopic (exact) mass is 424 g/mol. The number of benzene rings is 2. The van der Waals surface area contributed by atoms with Crippen LogP contribution in [0.4, 0.5) is 27.5 Å². The lowest BCUT2D eigenvalue weighted by atomic mass is 10.1. The first-order chi connectivity index (χ1) is 14.4. The maximum absolute atomic E-state index is 11.8. The molecule has 0 unspecified atom stereocenters. The standard InChI is InChI=1S/C21H24N6O2S/c1-25-8-10-26(11-9-25)15-3-5-16(6-4-15)27(23)18-12-14(2-7-17(18)22)13-19-20(28)24-21(29)30-19/h2-7,12-13H,8-11,22-23H2,1H3,(H,24,28,29)/b19-13-. The minimum atomic E-state index is -0.396. The summed E-state index contributed by atoms with van der Waals surface area (Å²) in [4.78, 5) is 28.2. The Labute approximate surface area is 179 Å². The average Bonchev–Trinajstić information content (AvgIpc) is 3.06. The van der Waals surface area contributed by atoms with E-state index in [1.54, 1.807) is 24.3 Å². The molecular weight excluding hydrogens is 400 g/mol. The Hall–Kier alpha value is -3.01. The van der Waals surface area contributed by atoms with Crippen LogP contribution in [0.25, 0.3) is 6.08 Å². The van der Waals surface area contributed by atoms with E-state index in [-0.39, 0.29) is 5.24 Å². The molecule has 0 radical (unpaired) electrons. The van der Waals surface area contributed by atoms with Gasteiger partial charge in [-0.15, -0.1) is 0 Å². The molecule has 156 valence electrons. The molecule has 0 saturated carbocycles. The third kappa shape index (κ3) is 4.28. The van der Waals surface area contributed by atoms with E-state index in [1.807, 2.05) is 12.1 Å². The highest BCUT2D eigenvalue weighted by Gasteiger charge is 2.25. The third-order valence-electron chi connectivity index (χ3n) is 5.25. The molecule has 2 aromatic carbocycles. The number of nitrogens with zero attached hydrogens (tertiary/aromatic N) is 3. The van der Waals surface area contributed by atoms with Crippen molar-refractivity contribution in [3.63, 3.8) is 0 Å². The topological polar surface area (TPSA) is 108 Å². The fourth-order valence-electron chi connectivity index (χ4n) is 3.46. The van der Waals surface area contributed by atoms with Gasteiger partial charge in [0.05, 0.1) is 22.0 Å². The fraction of sp³-hybridized carbons (Fsp3) is 0.238. The predicted octanol–water partition coefficient (Wildman–Crippen LogP) is 2.36. The molecule has 4 rings (SSSR count). The van der Waals surface area contributed by atoms with Crippen LogP contribution in [0.2, 0.25) is 0 Å². The summed E-state index contributed by atoms with van der Waals surface area (Å²) in [5, 5.41) is 3.40. The smallest absolute Gasteiger partial charge is 0.290 e. The second-order valence-corrected chi connectivity index (χ2v) is 8.36. The first kappa shape index (κ1) is 20.3. The highest BCUT2D eigenvalue weighted by molar-refractivity contribution is 8.18. The van der Waals surface area contributed by atoms with E-state index < -0.39 is 5.91 Å². The fourth-order valence-corrected chi connectivity index (χ4v) is 4.14. The van der Waals surface area contributed by atoms with Gasteiger partial charge < -0.3 is 15.5 Å². The van der Waals surface area contributed by atoms with Gasteiger partial charge in [-0.25, -0.2) is 5.84 Å². The van der Waals surface area contributed by atoms with Crippen LogP contribution in [0.5, 0.6) is 0 Å². The molecule has 2 aliphatic rings. The Bertz CT molecular complexity index is 999. The van der Waals surface area contributed by atoms with Gasteiger partial charge in [0.25, 0.3) is 11.1 Å². The summed E-state index contributed by atoms with van der Waals surface area (Å²) >= 11 is 0.876. The summed E-state index contributed by atoms with van der Waals surface area (Å²) in [5.74, 6) is 5.97. The van der Waals surface area contributed by atoms with E-state index >= 15 is 0 Å². The van der Waals surface area contributed by atoms with Crippen LogP contribution in [-0.4, -0.2) is 49.3 Å². The van der Waals surface area contributed by atoms with Gasteiger partial charge in [-0.05, 0) is 66.8 Å². The number of thioether (sulfide) groups is 1. The Morgan fingerprint density at radius 1 is 1.07 bits per heavy atom. The number of hydrogen-bond donors (Lipinski definition) is 3. The first-order valence-electron chi connectivity index (χ1n) is 9.63. The van der Waals surface area contributed by atoms with Crippen LogP contribution in [-0.2, 0) is 4.79 Å². The minimum Gasteiger partial charge on any atom is -0.397 e.